The van der Waals surface area contributed by atoms with Crippen LogP contribution in [0.4, 0.5) is 4.39 Å². The Balaban J connectivity index is 2.82. The maximum absolute atomic E-state index is 12.8. The molecule has 0 aliphatic carbocycles. The molecular weight excluding hydrogens is 243 g/mol. The molecule has 19 heavy (non-hydrogen) atoms. The van der Waals surface area contributed by atoms with Gasteiger partial charge in [0.1, 0.15) is 11.2 Å². The molecule has 1 rings (SSSR count). The predicted molar refractivity (Wildman–Crippen MR) is 71.6 cm³/mol. The number of nitrogens with zero attached hydrogens (tertiary/aromatic N) is 1. The summed E-state index contributed by atoms with van der Waals surface area (Å²) in [6.45, 7) is 5.47. The van der Waals surface area contributed by atoms with Crippen molar-refractivity contribution in [1.29, 1.82) is 5.26 Å². The van der Waals surface area contributed by atoms with Crippen molar-refractivity contribution in [3.63, 3.8) is 0 Å². The number of amides is 1. The Labute approximate surface area is 113 Å². The van der Waals surface area contributed by atoms with E-state index in [1.807, 2.05) is 20.8 Å². The lowest BCUT2D eigenvalue weighted by molar-refractivity contribution is -0.129. The van der Waals surface area contributed by atoms with Crippen LogP contribution >= 0.6 is 0 Å². The molecule has 1 aromatic carbocycles. The lowest BCUT2D eigenvalue weighted by Crippen LogP contribution is -2.40. The SMILES string of the molecule is CCC(C#N)(CC)C(=O)NC(C)c1ccc(F)cc1. The summed E-state index contributed by atoms with van der Waals surface area (Å²) in [4.78, 5) is 12.2. The Morgan fingerprint density at radius 3 is 2.32 bits per heavy atom. The van der Waals surface area contributed by atoms with E-state index in [0.29, 0.717) is 12.8 Å². The fourth-order valence-corrected chi connectivity index (χ4v) is 1.95. The minimum absolute atomic E-state index is 0.251. The Hall–Kier alpha value is -1.89. The van der Waals surface area contributed by atoms with Gasteiger partial charge < -0.3 is 5.32 Å². The van der Waals surface area contributed by atoms with E-state index >= 15 is 0 Å². The second-order valence-electron chi connectivity index (χ2n) is 4.65. The molecule has 102 valence electrons. The van der Waals surface area contributed by atoms with Gasteiger partial charge in [-0.05, 0) is 37.5 Å². The topological polar surface area (TPSA) is 52.9 Å². The summed E-state index contributed by atoms with van der Waals surface area (Å²) in [5.74, 6) is -0.576. The third kappa shape index (κ3) is 3.31. The van der Waals surface area contributed by atoms with Gasteiger partial charge in [0.25, 0.3) is 0 Å². The number of hydrogen-bond donors (Lipinski definition) is 1. The van der Waals surface area contributed by atoms with Gasteiger partial charge in [0.15, 0.2) is 0 Å². The largest absolute Gasteiger partial charge is 0.348 e. The van der Waals surface area contributed by atoms with Crippen LogP contribution in [0.5, 0.6) is 0 Å². The van der Waals surface area contributed by atoms with E-state index in [2.05, 4.69) is 11.4 Å². The highest BCUT2D eigenvalue weighted by Crippen LogP contribution is 2.26. The van der Waals surface area contributed by atoms with Crippen LogP contribution in [-0.4, -0.2) is 5.91 Å². The van der Waals surface area contributed by atoms with E-state index in [-0.39, 0.29) is 17.8 Å². The zero-order valence-corrected chi connectivity index (χ0v) is 11.5. The van der Waals surface area contributed by atoms with Crippen LogP contribution in [0.3, 0.4) is 0 Å². The fraction of sp³-hybridized carbons (Fsp3) is 0.467. The van der Waals surface area contributed by atoms with E-state index in [1.54, 1.807) is 12.1 Å². The summed E-state index contributed by atoms with van der Waals surface area (Å²) < 4.78 is 12.8. The van der Waals surface area contributed by atoms with Crippen molar-refractivity contribution in [2.75, 3.05) is 0 Å². The van der Waals surface area contributed by atoms with Gasteiger partial charge in [-0.1, -0.05) is 26.0 Å². The minimum atomic E-state index is -0.978. The molecule has 1 amide bonds. The smallest absolute Gasteiger partial charge is 0.240 e. The second-order valence-corrected chi connectivity index (χ2v) is 4.65. The minimum Gasteiger partial charge on any atom is -0.348 e. The van der Waals surface area contributed by atoms with E-state index in [0.717, 1.165) is 5.56 Å². The molecule has 0 fully saturated rings. The molecule has 0 spiro atoms. The molecule has 0 aliphatic rings. The Morgan fingerprint density at radius 2 is 1.89 bits per heavy atom. The normalized spacial score (nSPS) is 12.6. The van der Waals surface area contributed by atoms with E-state index in [4.69, 9.17) is 0 Å². The monoisotopic (exact) mass is 262 g/mol. The van der Waals surface area contributed by atoms with Crippen molar-refractivity contribution >= 4 is 5.91 Å². The number of benzene rings is 1. The van der Waals surface area contributed by atoms with Gasteiger partial charge in [-0.15, -0.1) is 0 Å². The van der Waals surface area contributed by atoms with Crippen LogP contribution in [-0.2, 0) is 4.79 Å². The van der Waals surface area contributed by atoms with Gasteiger partial charge in [-0.25, -0.2) is 4.39 Å². The quantitative estimate of drug-likeness (QED) is 0.884. The zero-order valence-electron chi connectivity index (χ0n) is 11.5. The van der Waals surface area contributed by atoms with Crippen molar-refractivity contribution in [3.8, 4) is 6.07 Å². The fourth-order valence-electron chi connectivity index (χ4n) is 1.95. The van der Waals surface area contributed by atoms with Crippen molar-refractivity contribution in [2.45, 2.75) is 39.7 Å². The van der Waals surface area contributed by atoms with Crippen molar-refractivity contribution in [1.82, 2.24) is 5.32 Å². The van der Waals surface area contributed by atoms with Crippen LogP contribution in [0.15, 0.2) is 24.3 Å². The molecule has 1 N–H and O–H groups in total. The van der Waals surface area contributed by atoms with Crippen LogP contribution in [0, 0.1) is 22.6 Å². The van der Waals surface area contributed by atoms with Crippen molar-refractivity contribution < 1.29 is 9.18 Å². The zero-order chi connectivity index (χ0) is 14.5. The standard InChI is InChI=1S/C15H19FN2O/c1-4-15(5-2,10-17)14(19)18-11(3)12-6-8-13(16)9-7-12/h6-9,11H,4-5H2,1-3H3,(H,18,19). The second kappa shape index (κ2) is 6.33. The summed E-state index contributed by atoms with van der Waals surface area (Å²) in [6, 6.07) is 7.83. The van der Waals surface area contributed by atoms with Crippen LogP contribution in [0.1, 0.15) is 45.2 Å². The molecule has 3 nitrogen and oxygen atoms in total. The molecule has 4 heteroatoms. The molecular formula is C15H19FN2O. The summed E-state index contributed by atoms with van der Waals surface area (Å²) in [6.07, 6.45) is 0.948. The first-order chi connectivity index (χ1) is 8.99. The van der Waals surface area contributed by atoms with Crippen molar-refractivity contribution in [3.05, 3.63) is 35.6 Å². The number of carbonyl (C=O) groups is 1. The molecule has 0 radical (unpaired) electrons. The molecule has 1 atom stereocenters. The molecule has 0 saturated carbocycles. The molecule has 0 saturated heterocycles. The molecule has 0 bridgehead atoms. The maximum Gasteiger partial charge on any atom is 0.240 e. The number of halogens is 1. The Bertz CT molecular complexity index is 472. The van der Waals surface area contributed by atoms with E-state index < -0.39 is 5.41 Å². The average Bonchev–Trinajstić information content (AvgIpc) is 2.42. The van der Waals surface area contributed by atoms with Gasteiger partial charge in [-0.2, -0.15) is 5.26 Å². The van der Waals surface area contributed by atoms with Crippen molar-refractivity contribution in [2.24, 2.45) is 5.41 Å². The van der Waals surface area contributed by atoms with E-state index in [1.165, 1.54) is 12.1 Å². The Morgan fingerprint density at radius 1 is 1.37 bits per heavy atom. The maximum atomic E-state index is 12.8. The molecule has 0 aromatic heterocycles. The lowest BCUT2D eigenvalue weighted by Gasteiger charge is -2.25. The summed E-state index contributed by atoms with van der Waals surface area (Å²) in [7, 11) is 0. The first-order valence-corrected chi connectivity index (χ1v) is 6.46. The van der Waals surface area contributed by atoms with E-state index in [9.17, 15) is 14.4 Å². The average molecular weight is 262 g/mol. The van der Waals surface area contributed by atoms with Gasteiger partial charge in [0.2, 0.25) is 5.91 Å². The summed E-state index contributed by atoms with van der Waals surface area (Å²) in [5, 5.41) is 12.0. The third-order valence-electron chi connectivity index (χ3n) is 3.57. The number of nitriles is 1. The number of carbonyl (C=O) groups excluding carboxylic acids is 1. The molecule has 0 aliphatic heterocycles. The first kappa shape index (κ1) is 15.2. The molecule has 1 aromatic rings. The third-order valence-corrected chi connectivity index (χ3v) is 3.57. The first-order valence-electron chi connectivity index (χ1n) is 6.46. The number of rotatable bonds is 5. The van der Waals surface area contributed by atoms with Gasteiger partial charge in [0.05, 0.1) is 12.1 Å². The molecule has 1 unspecified atom stereocenters. The molecule has 0 heterocycles. The highest BCUT2D eigenvalue weighted by molar-refractivity contribution is 5.85. The predicted octanol–water partition coefficient (Wildman–Crippen LogP) is 3.33. The van der Waals surface area contributed by atoms with Gasteiger partial charge in [0, 0.05) is 0 Å². The van der Waals surface area contributed by atoms with Gasteiger partial charge >= 0.3 is 0 Å². The van der Waals surface area contributed by atoms with Crippen LogP contribution in [0.2, 0.25) is 0 Å². The summed E-state index contributed by atoms with van der Waals surface area (Å²) in [5.41, 5.74) is -0.164. The van der Waals surface area contributed by atoms with Gasteiger partial charge in [-0.3, -0.25) is 4.79 Å². The summed E-state index contributed by atoms with van der Waals surface area (Å²) >= 11 is 0. The van der Waals surface area contributed by atoms with Crippen LogP contribution in [0.25, 0.3) is 0 Å². The van der Waals surface area contributed by atoms with Crippen LogP contribution < -0.4 is 5.32 Å². The highest BCUT2D eigenvalue weighted by Gasteiger charge is 2.35. The lowest BCUT2D eigenvalue weighted by atomic mass is 9.82. The number of hydrogen-bond acceptors (Lipinski definition) is 2. The highest BCUT2D eigenvalue weighted by atomic mass is 19.1. The number of nitrogens with one attached hydrogen (secondary N) is 1. The Kier molecular flexibility index (Phi) is 5.05.